The lowest BCUT2D eigenvalue weighted by Gasteiger charge is -2.16. The van der Waals surface area contributed by atoms with E-state index in [2.05, 4.69) is 16.9 Å². The summed E-state index contributed by atoms with van der Waals surface area (Å²) in [6.45, 7) is 4.30. The molecule has 1 fully saturated rings. The second-order valence-corrected chi connectivity index (χ2v) is 6.43. The number of likely N-dealkylation sites (tertiary alicyclic amines) is 1. The maximum absolute atomic E-state index is 13.0. The van der Waals surface area contributed by atoms with Gasteiger partial charge in [-0.3, -0.25) is 14.6 Å². The summed E-state index contributed by atoms with van der Waals surface area (Å²) in [5, 5.41) is 2.83. The van der Waals surface area contributed by atoms with Crippen LogP contribution >= 0.6 is 0 Å². The van der Waals surface area contributed by atoms with Crippen LogP contribution in [0.15, 0.2) is 55.3 Å². The maximum Gasteiger partial charge on any atom is 0.416 e. The number of rotatable bonds is 4. The molecule has 0 saturated carbocycles. The van der Waals surface area contributed by atoms with Crippen LogP contribution in [0.2, 0.25) is 0 Å². The highest BCUT2D eigenvalue weighted by Gasteiger charge is 2.31. The van der Waals surface area contributed by atoms with E-state index in [1.165, 1.54) is 30.5 Å². The Hall–Kier alpha value is -3.16. The Morgan fingerprint density at radius 1 is 1.25 bits per heavy atom. The summed E-state index contributed by atoms with van der Waals surface area (Å²) in [5.74, 6) is -0.652. The molecular formula is C20H18F3N3O2. The van der Waals surface area contributed by atoms with Gasteiger partial charge in [-0.15, -0.1) is 0 Å². The average molecular weight is 389 g/mol. The van der Waals surface area contributed by atoms with Crippen LogP contribution in [0.1, 0.15) is 22.3 Å². The molecule has 28 heavy (non-hydrogen) atoms. The van der Waals surface area contributed by atoms with Crippen LogP contribution in [-0.2, 0) is 11.0 Å². The number of carbonyl (C=O) groups is 2. The maximum atomic E-state index is 13.0. The van der Waals surface area contributed by atoms with Gasteiger partial charge in [0.1, 0.15) is 0 Å². The van der Waals surface area contributed by atoms with Crippen LogP contribution in [0.5, 0.6) is 0 Å². The van der Waals surface area contributed by atoms with Crippen LogP contribution in [-0.4, -0.2) is 40.8 Å². The second-order valence-electron chi connectivity index (χ2n) is 6.43. The zero-order valence-electron chi connectivity index (χ0n) is 14.9. The highest BCUT2D eigenvalue weighted by molar-refractivity contribution is 6.00. The molecular weight excluding hydrogens is 371 g/mol. The number of pyridine rings is 1. The zero-order chi connectivity index (χ0) is 20.3. The number of hydrogen-bond acceptors (Lipinski definition) is 3. The van der Waals surface area contributed by atoms with Crippen molar-refractivity contribution in [2.24, 2.45) is 0 Å². The Labute approximate surface area is 159 Å². The third-order valence-electron chi connectivity index (χ3n) is 4.53. The number of amides is 2. The van der Waals surface area contributed by atoms with Crippen molar-refractivity contribution in [2.45, 2.75) is 18.6 Å². The fourth-order valence-electron chi connectivity index (χ4n) is 3.13. The van der Waals surface area contributed by atoms with Gasteiger partial charge in [0.25, 0.3) is 5.91 Å². The van der Waals surface area contributed by atoms with Gasteiger partial charge in [-0.1, -0.05) is 18.7 Å². The van der Waals surface area contributed by atoms with E-state index in [1.807, 2.05) is 0 Å². The Bertz CT molecular complexity index is 912. The zero-order valence-corrected chi connectivity index (χ0v) is 14.9. The number of hydrogen-bond donors (Lipinski definition) is 1. The highest BCUT2D eigenvalue weighted by atomic mass is 19.4. The van der Waals surface area contributed by atoms with Crippen LogP contribution in [0.4, 0.5) is 13.2 Å². The molecule has 1 aromatic carbocycles. The van der Waals surface area contributed by atoms with Crippen molar-refractivity contribution in [1.29, 1.82) is 0 Å². The third-order valence-corrected chi connectivity index (χ3v) is 4.53. The number of nitrogens with zero attached hydrogens (tertiary/aromatic N) is 2. The van der Waals surface area contributed by atoms with E-state index in [1.54, 1.807) is 11.0 Å². The van der Waals surface area contributed by atoms with Gasteiger partial charge in [-0.2, -0.15) is 13.2 Å². The summed E-state index contributed by atoms with van der Waals surface area (Å²) < 4.78 is 39.0. The van der Waals surface area contributed by atoms with Crippen molar-refractivity contribution in [1.82, 2.24) is 15.2 Å². The van der Waals surface area contributed by atoms with Gasteiger partial charge in [0.15, 0.2) is 0 Å². The van der Waals surface area contributed by atoms with Crippen LogP contribution in [0.25, 0.3) is 11.3 Å². The summed E-state index contributed by atoms with van der Waals surface area (Å²) in [6, 6.07) is 7.52. The summed E-state index contributed by atoms with van der Waals surface area (Å²) in [7, 11) is 0. The van der Waals surface area contributed by atoms with E-state index >= 15 is 0 Å². The van der Waals surface area contributed by atoms with Crippen molar-refractivity contribution in [3.63, 3.8) is 0 Å². The number of nitrogens with one attached hydrogen (secondary N) is 1. The van der Waals surface area contributed by atoms with Crippen molar-refractivity contribution < 1.29 is 22.8 Å². The van der Waals surface area contributed by atoms with Gasteiger partial charge in [-0.25, -0.2) is 0 Å². The molecule has 1 N–H and O–H groups in total. The first-order valence-corrected chi connectivity index (χ1v) is 8.64. The van der Waals surface area contributed by atoms with E-state index < -0.39 is 17.6 Å². The first-order chi connectivity index (χ1) is 13.3. The molecule has 2 aromatic rings. The molecule has 0 radical (unpaired) electrons. The molecule has 0 spiro atoms. The van der Waals surface area contributed by atoms with Gasteiger partial charge in [0, 0.05) is 30.9 Å². The van der Waals surface area contributed by atoms with Gasteiger partial charge >= 0.3 is 6.18 Å². The minimum Gasteiger partial charge on any atom is -0.347 e. The lowest BCUT2D eigenvalue weighted by molar-refractivity contribution is -0.137. The van der Waals surface area contributed by atoms with Crippen molar-refractivity contribution in [3.05, 3.63) is 66.4 Å². The molecule has 1 aromatic heterocycles. The standard InChI is InChI=1S/C20H18F3N3O2/c1-2-17(27)26-10-8-15(12-26)25-19(28)16-7-4-9-24-18(16)13-5-3-6-14(11-13)20(21,22)23/h2-7,9,11,15H,1,8,10,12H2,(H,25,28)/t15-/m1/s1. The van der Waals surface area contributed by atoms with Gasteiger partial charge in [0.05, 0.1) is 16.8 Å². The van der Waals surface area contributed by atoms with Crippen LogP contribution in [0, 0.1) is 0 Å². The first-order valence-electron chi connectivity index (χ1n) is 8.64. The Kier molecular flexibility index (Phi) is 5.48. The number of halogens is 3. The quantitative estimate of drug-likeness (QED) is 0.817. The molecule has 2 heterocycles. The molecule has 0 aliphatic carbocycles. The SMILES string of the molecule is C=CC(=O)N1CC[C@@H](NC(=O)c2cccnc2-c2cccc(C(F)(F)F)c2)C1. The van der Waals surface area contributed by atoms with Gasteiger partial charge < -0.3 is 10.2 Å². The second kappa shape index (κ2) is 7.84. The molecule has 1 atom stereocenters. The normalized spacial score (nSPS) is 16.7. The molecule has 1 saturated heterocycles. The smallest absolute Gasteiger partial charge is 0.347 e. The summed E-state index contributed by atoms with van der Waals surface area (Å²) in [4.78, 5) is 30.1. The monoisotopic (exact) mass is 389 g/mol. The number of benzene rings is 1. The van der Waals surface area contributed by atoms with Gasteiger partial charge in [0.2, 0.25) is 5.91 Å². The summed E-state index contributed by atoms with van der Waals surface area (Å²) in [5.41, 5.74) is -0.259. The average Bonchev–Trinajstić information content (AvgIpc) is 3.15. The Balaban J connectivity index is 1.82. The molecule has 1 aliphatic rings. The van der Waals surface area contributed by atoms with Crippen molar-refractivity contribution >= 4 is 11.8 Å². The van der Waals surface area contributed by atoms with E-state index in [-0.39, 0.29) is 28.8 Å². The highest BCUT2D eigenvalue weighted by Crippen LogP contribution is 2.32. The molecule has 1 aliphatic heterocycles. The van der Waals surface area contributed by atoms with Crippen LogP contribution in [0.3, 0.4) is 0 Å². The predicted molar refractivity (Wildman–Crippen MR) is 97.3 cm³/mol. The van der Waals surface area contributed by atoms with E-state index in [0.717, 1.165) is 12.1 Å². The Morgan fingerprint density at radius 3 is 2.75 bits per heavy atom. The minimum absolute atomic E-state index is 0.170. The van der Waals surface area contributed by atoms with Crippen molar-refractivity contribution in [3.8, 4) is 11.3 Å². The fourth-order valence-corrected chi connectivity index (χ4v) is 3.13. The molecule has 146 valence electrons. The van der Waals surface area contributed by atoms with Crippen molar-refractivity contribution in [2.75, 3.05) is 13.1 Å². The van der Waals surface area contributed by atoms with Crippen LogP contribution < -0.4 is 5.32 Å². The molecule has 3 rings (SSSR count). The molecule has 2 amide bonds. The molecule has 8 heteroatoms. The lowest BCUT2D eigenvalue weighted by Crippen LogP contribution is -2.38. The number of carbonyl (C=O) groups excluding carboxylic acids is 2. The van der Waals surface area contributed by atoms with E-state index in [9.17, 15) is 22.8 Å². The van der Waals surface area contributed by atoms with E-state index in [4.69, 9.17) is 0 Å². The molecule has 0 unspecified atom stereocenters. The molecule has 5 nitrogen and oxygen atoms in total. The molecule has 0 bridgehead atoms. The largest absolute Gasteiger partial charge is 0.416 e. The minimum atomic E-state index is -4.49. The number of alkyl halides is 3. The first kappa shape index (κ1) is 19.6. The van der Waals surface area contributed by atoms with Gasteiger partial charge in [-0.05, 0) is 36.8 Å². The predicted octanol–water partition coefficient (Wildman–Crippen LogP) is 3.28. The third kappa shape index (κ3) is 4.21. The topological polar surface area (TPSA) is 62.3 Å². The Morgan fingerprint density at radius 2 is 2.04 bits per heavy atom. The summed E-state index contributed by atoms with van der Waals surface area (Å²) >= 11 is 0. The lowest BCUT2D eigenvalue weighted by atomic mass is 10.0. The van der Waals surface area contributed by atoms with E-state index in [0.29, 0.717) is 19.5 Å². The fraction of sp³-hybridized carbons (Fsp3) is 0.250. The number of aromatic nitrogens is 1. The summed E-state index contributed by atoms with van der Waals surface area (Å²) in [6.07, 6.45) is -1.26.